The molecule has 2 aromatic rings. The number of alkyl halides is 2. The molecule has 1 fully saturated rings. The molecule has 1 aliphatic heterocycles. The summed E-state index contributed by atoms with van der Waals surface area (Å²) in [5, 5.41) is 2.66. The lowest BCUT2D eigenvalue weighted by Gasteiger charge is -2.22. The zero-order valence-corrected chi connectivity index (χ0v) is 15.4. The fourth-order valence-electron chi connectivity index (χ4n) is 3.03. The maximum absolute atomic E-state index is 12.8. The molecule has 1 N–H and O–H groups in total. The van der Waals surface area contributed by atoms with Gasteiger partial charge in [-0.1, -0.05) is 30.3 Å². The molecule has 0 aliphatic carbocycles. The first-order valence-corrected chi connectivity index (χ1v) is 8.69. The summed E-state index contributed by atoms with van der Waals surface area (Å²) in [6, 6.07) is 12.5. The van der Waals surface area contributed by atoms with Crippen LogP contribution in [0.15, 0.2) is 48.5 Å². The minimum absolute atomic E-state index is 0.0254. The fourth-order valence-corrected chi connectivity index (χ4v) is 3.03. The first-order chi connectivity index (χ1) is 13.3. The van der Waals surface area contributed by atoms with Gasteiger partial charge in [-0.3, -0.25) is 9.69 Å². The summed E-state index contributed by atoms with van der Waals surface area (Å²) in [5.41, 5.74) is 0.133. The zero-order chi connectivity index (χ0) is 20.3. The number of ether oxygens (including phenoxy) is 2. The monoisotopic (exact) mass is 390 g/mol. The first-order valence-electron chi connectivity index (χ1n) is 8.69. The Labute approximate surface area is 161 Å². The second-order valence-corrected chi connectivity index (χ2v) is 6.53. The lowest BCUT2D eigenvalue weighted by Crippen LogP contribution is -2.41. The van der Waals surface area contributed by atoms with Gasteiger partial charge in [0.1, 0.15) is 23.6 Å². The molecule has 28 heavy (non-hydrogen) atoms. The predicted octanol–water partition coefficient (Wildman–Crippen LogP) is 3.44. The third-order valence-corrected chi connectivity index (χ3v) is 4.60. The number of aryl methyl sites for hydroxylation is 1. The lowest BCUT2D eigenvalue weighted by atomic mass is 9.92. The molecule has 1 saturated heterocycles. The molecule has 0 saturated carbocycles. The number of hydrogen-bond acceptors (Lipinski definition) is 4. The third kappa shape index (κ3) is 3.90. The zero-order valence-electron chi connectivity index (χ0n) is 15.4. The van der Waals surface area contributed by atoms with E-state index >= 15 is 0 Å². The van der Waals surface area contributed by atoms with Crippen molar-refractivity contribution in [3.63, 3.8) is 0 Å². The summed E-state index contributed by atoms with van der Waals surface area (Å²) in [7, 11) is 0. The quantitative estimate of drug-likeness (QED) is 0.736. The summed E-state index contributed by atoms with van der Waals surface area (Å²) >= 11 is 0. The normalized spacial score (nSPS) is 19.1. The Morgan fingerprint density at radius 2 is 1.79 bits per heavy atom. The highest BCUT2D eigenvalue weighted by Gasteiger charge is 2.48. The van der Waals surface area contributed by atoms with Crippen LogP contribution in [0.1, 0.15) is 18.1 Å². The molecule has 2 aromatic carbocycles. The van der Waals surface area contributed by atoms with E-state index in [1.807, 2.05) is 31.2 Å². The topological polar surface area (TPSA) is 67.9 Å². The van der Waals surface area contributed by atoms with Crippen molar-refractivity contribution in [2.45, 2.75) is 26.0 Å². The summed E-state index contributed by atoms with van der Waals surface area (Å²) in [6.07, 6.45) is 0. The van der Waals surface area contributed by atoms with E-state index in [2.05, 4.69) is 10.1 Å². The van der Waals surface area contributed by atoms with E-state index in [9.17, 15) is 18.4 Å². The Morgan fingerprint density at radius 3 is 2.43 bits per heavy atom. The van der Waals surface area contributed by atoms with Gasteiger partial charge in [0, 0.05) is 0 Å². The lowest BCUT2D eigenvalue weighted by molar-refractivity contribution is -0.131. The molecule has 6 nitrogen and oxygen atoms in total. The molecule has 0 spiro atoms. The van der Waals surface area contributed by atoms with E-state index in [1.165, 1.54) is 24.3 Å². The molecule has 1 atom stereocenters. The number of urea groups is 1. The standard InChI is InChI=1S/C20H20F2N2O4/c1-13-5-3-4-6-16(13)27-12-11-24-17(25)20(2,23-19(24)26)14-7-9-15(10-8-14)28-18(21)22/h3-10,18H,11-12H2,1-2H3,(H,23,26). The van der Waals surface area contributed by atoms with Gasteiger partial charge in [0.25, 0.3) is 5.91 Å². The molecular weight excluding hydrogens is 370 g/mol. The number of nitrogens with zero attached hydrogens (tertiary/aromatic N) is 1. The van der Waals surface area contributed by atoms with Gasteiger partial charge < -0.3 is 14.8 Å². The molecule has 0 aromatic heterocycles. The molecule has 0 bridgehead atoms. The molecule has 1 aliphatic rings. The second kappa shape index (κ2) is 7.84. The van der Waals surface area contributed by atoms with Crippen LogP contribution in [-0.2, 0) is 10.3 Å². The molecule has 1 heterocycles. The number of halogens is 2. The van der Waals surface area contributed by atoms with Gasteiger partial charge in [0.2, 0.25) is 0 Å². The van der Waals surface area contributed by atoms with Crippen LogP contribution in [0.3, 0.4) is 0 Å². The van der Waals surface area contributed by atoms with Crippen molar-refractivity contribution < 1.29 is 27.8 Å². The highest BCUT2D eigenvalue weighted by atomic mass is 19.3. The Balaban J connectivity index is 1.67. The van der Waals surface area contributed by atoms with Gasteiger partial charge in [-0.2, -0.15) is 8.78 Å². The van der Waals surface area contributed by atoms with E-state index in [-0.39, 0.29) is 18.9 Å². The molecule has 3 amide bonds. The highest BCUT2D eigenvalue weighted by Crippen LogP contribution is 2.30. The Bertz CT molecular complexity index is 873. The number of rotatable bonds is 7. The maximum atomic E-state index is 12.8. The smallest absolute Gasteiger partial charge is 0.387 e. The summed E-state index contributed by atoms with van der Waals surface area (Å²) in [6.45, 7) is 0.778. The van der Waals surface area contributed by atoms with Crippen LogP contribution in [0.5, 0.6) is 11.5 Å². The number of carbonyl (C=O) groups excluding carboxylic acids is 2. The van der Waals surface area contributed by atoms with Gasteiger partial charge >= 0.3 is 12.6 Å². The minimum Gasteiger partial charge on any atom is -0.491 e. The Hall–Kier alpha value is -3.16. The number of hydrogen-bond donors (Lipinski definition) is 1. The second-order valence-electron chi connectivity index (χ2n) is 6.53. The predicted molar refractivity (Wildman–Crippen MR) is 97.3 cm³/mol. The van der Waals surface area contributed by atoms with Crippen molar-refractivity contribution in [1.29, 1.82) is 0 Å². The van der Waals surface area contributed by atoms with Crippen LogP contribution in [0.2, 0.25) is 0 Å². The van der Waals surface area contributed by atoms with Crippen LogP contribution in [-0.4, -0.2) is 36.6 Å². The minimum atomic E-state index is -2.93. The molecule has 148 valence electrons. The van der Waals surface area contributed by atoms with Gasteiger partial charge in [0.15, 0.2) is 0 Å². The van der Waals surface area contributed by atoms with Crippen LogP contribution in [0.4, 0.5) is 13.6 Å². The largest absolute Gasteiger partial charge is 0.491 e. The summed E-state index contributed by atoms with van der Waals surface area (Å²) in [5.74, 6) is 0.225. The van der Waals surface area contributed by atoms with Crippen molar-refractivity contribution in [2.75, 3.05) is 13.2 Å². The average Bonchev–Trinajstić information content (AvgIpc) is 2.87. The maximum Gasteiger partial charge on any atom is 0.387 e. The molecule has 1 unspecified atom stereocenters. The number of para-hydroxylation sites is 1. The van der Waals surface area contributed by atoms with E-state index < -0.39 is 24.1 Å². The van der Waals surface area contributed by atoms with Gasteiger partial charge in [-0.15, -0.1) is 0 Å². The molecule has 8 heteroatoms. The number of carbonyl (C=O) groups is 2. The van der Waals surface area contributed by atoms with Crippen molar-refractivity contribution in [2.24, 2.45) is 0 Å². The summed E-state index contributed by atoms with van der Waals surface area (Å²) < 4.78 is 34.5. The van der Waals surface area contributed by atoms with Gasteiger partial charge in [-0.25, -0.2) is 4.79 Å². The average molecular weight is 390 g/mol. The summed E-state index contributed by atoms with van der Waals surface area (Å²) in [4.78, 5) is 26.2. The first kappa shape index (κ1) is 19.6. The van der Waals surface area contributed by atoms with E-state index in [0.29, 0.717) is 11.3 Å². The SMILES string of the molecule is Cc1ccccc1OCCN1C(=O)NC(C)(c2ccc(OC(F)F)cc2)C1=O. The van der Waals surface area contributed by atoms with E-state index in [0.717, 1.165) is 10.5 Å². The molecule has 3 rings (SSSR count). The van der Waals surface area contributed by atoms with Crippen LogP contribution in [0, 0.1) is 6.92 Å². The number of benzene rings is 2. The van der Waals surface area contributed by atoms with Crippen LogP contribution in [0.25, 0.3) is 0 Å². The van der Waals surface area contributed by atoms with E-state index in [1.54, 1.807) is 6.92 Å². The van der Waals surface area contributed by atoms with Crippen molar-refractivity contribution >= 4 is 11.9 Å². The number of nitrogens with one attached hydrogen (secondary N) is 1. The van der Waals surface area contributed by atoms with Crippen LogP contribution >= 0.6 is 0 Å². The Kier molecular flexibility index (Phi) is 5.48. The highest BCUT2D eigenvalue weighted by molar-refractivity contribution is 6.07. The Morgan fingerprint density at radius 1 is 1.11 bits per heavy atom. The van der Waals surface area contributed by atoms with Crippen LogP contribution < -0.4 is 14.8 Å². The third-order valence-electron chi connectivity index (χ3n) is 4.60. The van der Waals surface area contributed by atoms with Crippen molar-refractivity contribution in [3.8, 4) is 11.5 Å². The molecule has 0 radical (unpaired) electrons. The van der Waals surface area contributed by atoms with E-state index in [4.69, 9.17) is 4.74 Å². The van der Waals surface area contributed by atoms with Gasteiger partial charge in [0.05, 0.1) is 6.54 Å². The van der Waals surface area contributed by atoms with Crippen molar-refractivity contribution in [3.05, 3.63) is 59.7 Å². The fraction of sp³-hybridized carbons (Fsp3) is 0.300. The number of imide groups is 1. The molecular formula is C20H20F2N2O4. The van der Waals surface area contributed by atoms with Gasteiger partial charge in [-0.05, 0) is 43.2 Å². The van der Waals surface area contributed by atoms with Crippen molar-refractivity contribution in [1.82, 2.24) is 10.2 Å². The number of amides is 3.